The normalized spacial score (nSPS) is 19.3. The number of carbonyl (C=O) groups excluding carboxylic acids is 1. The number of hydrogen-bond donors (Lipinski definition) is 1. The fourth-order valence-corrected chi connectivity index (χ4v) is 2.88. The van der Waals surface area contributed by atoms with E-state index < -0.39 is 6.10 Å². The molecule has 0 bridgehead atoms. The molecule has 1 aromatic carbocycles. The van der Waals surface area contributed by atoms with Gasteiger partial charge in [0.1, 0.15) is 6.10 Å². The molecule has 1 aliphatic rings. The van der Waals surface area contributed by atoms with E-state index in [0.717, 1.165) is 30.7 Å². The Hall–Kier alpha value is -2.24. The van der Waals surface area contributed by atoms with Gasteiger partial charge in [0.05, 0.1) is 24.4 Å². The summed E-state index contributed by atoms with van der Waals surface area (Å²) in [5, 5.41) is 3.06. The first-order chi connectivity index (χ1) is 12.2. The first kappa shape index (κ1) is 17.6. The Labute approximate surface area is 148 Å². The van der Waals surface area contributed by atoms with Crippen molar-refractivity contribution in [3.8, 4) is 0 Å². The Morgan fingerprint density at radius 1 is 1.28 bits per heavy atom. The summed E-state index contributed by atoms with van der Waals surface area (Å²) in [4.78, 5) is 17.0. The molecule has 0 saturated carbocycles. The second kappa shape index (κ2) is 8.74. The van der Waals surface area contributed by atoms with Crippen LogP contribution in [0.2, 0.25) is 0 Å². The summed E-state index contributed by atoms with van der Waals surface area (Å²) in [5.41, 5.74) is 1.79. The molecule has 132 valence electrons. The first-order valence-electron chi connectivity index (χ1n) is 8.73. The van der Waals surface area contributed by atoms with Gasteiger partial charge in [0.25, 0.3) is 0 Å². The number of hydrogen-bond acceptors (Lipinski definition) is 4. The van der Waals surface area contributed by atoms with E-state index in [4.69, 9.17) is 9.47 Å². The van der Waals surface area contributed by atoms with Gasteiger partial charge in [-0.15, -0.1) is 0 Å². The third-order valence-corrected chi connectivity index (χ3v) is 4.33. The Morgan fingerprint density at radius 3 is 2.76 bits per heavy atom. The second-order valence-corrected chi connectivity index (χ2v) is 6.22. The molecule has 25 heavy (non-hydrogen) atoms. The Bertz CT molecular complexity index is 618. The highest BCUT2D eigenvalue weighted by atomic mass is 16.5. The molecule has 2 aromatic rings. The van der Waals surface area contributed by atoms with E-state index in [1.165, 1.54) is 0 Å². The summed E-state index contributed by atoms with van der Waals surface area (Å²) < 4.78 is 11.2. The molecule has 1 aliphatic heterocycles. The van der Waals surface area contributed by atoms with Crippen LogP contribution in [0.3, 0.4) is 0 Å². The van der Waals surface area contributed by atoms with Gasteiger partial charge in [-0.05, 0) is 37.5 Å². The van der Waals surface area contributed by atoms with E-state index in [9.17, 15) is 4.79 Å². The summed E-state index contributed by atoms with van der Waals surface area (Å²) >= 11 is 0. The molecule has 1 saturated heterocycles. The maximum Gasteiger partial charge on any atom is 0.249 e. The molecule has 1 aromatic heterocycles. The first-order valence-corrected chi connectivity index (χ1v) is 8.73. The third-order valence-electron chi connectivity index (χ3n) is 4.33. The fraction of sp³-hybridized carbons (Fsp3) is 0.400. The van der Waals surface area contributed by atoms with Crippen LogP contribution in [0, 0.1) is 0 Å². The van der Waals surface area contributed by atoms with Gasteiger partial charge in [-0.2, -0.15) is 0 Å². The van der Waals surface area contributed by atoms with Crippen molar-refractivity contribution in [1.29, 1.82) is 0 Å². The predicted molar refractivity (Wildman–Crippen MR) is 95.1 cm³/mol. The van der Waals surface area contributed by atoms with Gasteiger partial charge in [0.15, 0.2) is 0 Å². The summed E-state index contributed by atoms with van der Waals surface area (Å²) in [6.45, 7) is 3.00. The molecular weight excluding hydrogens is 316 g/mol. The minimum absolute atomic E-state index is 0.107. The average molecular weight is 340 g/mol. The zero-order valence-electron chi connectivity index (χ0n) is 14.4. The molecule has 0 spiro atoms. The van der Waals surface area contributed by atoms with E-state index in [1.807, 2.05) is 48.5 Å². The molecule has 3 rings (SSSR count). The summed E-state index contributed by atoms with van der Waals surface area (Å²) in [6, 6.07) is 15.2. The van der Waals surface area contributed by atoms with E-state index in [0.29, 0.717) is 6.61 Å². The minimum Gasteiger partial charge on any atom is -0.376 e. The molecule has 1 fully saturated rings. The quantitative estimate of drug-likeness (QED) is 0.842. The minimum atomic E-state index is -0.542. The van der Waals surface area contributed by atoms with Gasteiger partial charge in [-0.3, -0.25) is 9.78 Å². The highest BCUT2D eigenvalue weighted by Gasteiger charge is 2.23. The average Bonchev–Trinajstić information content (AvgIpc) is 3.19. The molecule has 1 N–H and O–H groups in total. The van der Waals surface area contributed by atoms with Gasteiger partial charge in [0.2, 0.25) is 5.91 Å². The van der Waals surface area contributed by atoms with Crippen molar-refractivity contribution in [1.82, 2.24) is 10.3 Å². The zero-order valence-corrected chi connectivity index (χ0v) is 14.4. The lowest BCUT2D eigenvalue weighted by Crippen LogP contribution is -2.38. The summed E-state index contributed by atoms with van der Waals surface area (Å²) in [7, 11) is 0. The maximum atomic E-state index is 12.6. The second-order valence-electron chi connectivity index (χ2n) is 6.22. The number of nitrogens with zero attached hydrogens (tertiary/aromatic N) is 1. The maximum absolute atomic E-state index is 12.6. The van der Waals surface area contributed by atoms with Crippen molar-refractivity contribution in [3.05, 3.63) is 66.0 Å². The smallest absolute Gasteiger partial charge is 0.249 e. The topological polar surface area (TPSA) is 60.5 Å². The van der Waals surface area contributed by atoms with Crippen LogP contribution in [0.1, 0.15) is 37.1 Å². The van der Waals surface area contributed by atoms with Gasteiger partial charge < -0.3 is 14.8 Å². The molecule has 1 amide bonds. The van der Waals surface area contributed by atoms with Crippen LogP contribution in [0.4, 0.5) is 0 Å². The molecule has 0 unspecified atom stereocenters. The Kier molecular flexibility index (Phi) is 6.14. The summed E-state index contributed by atoms with van der Waals surface area (Å²) in [6.07, 6.45) is 3.35. The van der Waals surface area contributed by atoms with Crippen molar-refractivity contribution in [2.24, 2.45) is 0 Å². The van der Waals surface area contributed by atoms with Crippen molar-refractivity contribution >= 4 is 5.91 Å². The van der Waals surface area contributed by atoms with Gasteiger partial charge in [0, 0.05) is 12.8 Å². The highest BCUT2D eigenvalue weighted by molar-refractivity contribution is 5.81. The molecule has 2 heterocycles. The van der Waals surface area contributed by atoms with Crippen molar-refractivity contribution in [2.45, 2.75) is 38.0 Å². The van der Waals surface area contributed by atoms with Gasteiger partial charge in [-0.1, -0.05) is 36.4 Å². The summed E-state index contributed by atoms with van der Waals surface area (Å²) in [5.74, 6) is -0.155. The lowest BCUT2D eigenvalue weighted by atomic mass is 10.0. The molecule has 5 heteroatoms. The number of amides is 1. The Balaban J connectivity index is 1.66. The van der Waals surface area contributed by atoms with E-state index in [2.05, 4.69) is 10.3 Å². The monoisotopic (exact) mass is 340 g/mol. The number of ether oxygens (including phenoxy) is 2. The molecule has 5 nitrogen and oxygen atoms in total. The molecule has 0 aliphatic carbocycles. The number of benzene rings is 1. The predicted octanol–water partition coefficient (Wildman–Crippen LogP) is 2.87. The van der Waals surface area contributed by atoms with Crippen LogP contribution in [-0.4, -0.2) is 36.3 Å². The van der Waals surface area contributed by atoms with Crippen LogP contribution >= 0.6 is 0 Å². The molecular formula is C20H24N2O3. The van der Waals surface area contributed by atoms with E-state index in [-0.39, 0.29) is 18.1 Å². The number of pyridine rings is 1. The number of carbonyl (C=O) groups is 1. The van der Waals surface area contributed by atoms with Crippen LogP contribution in [0.5, 0.6) is 0 Å². The third kappa shape index (κ3) is 4.87. The lowest BCUT2D eigenvalue weighted by Gasteiger charge is -2.22. The largest absolute Gasteiger partial charge is 0.376 e. The lowest BCUT2D eigenvalue weighted by molar-refractivity contribution is -0.134. The SMILES string of the molecule is C[C@H](OC[C@@H]1CCCO1)C(=O)N[C@H](c1ccccc1)c1ccccn1. The highest BCUT2D eigenvalue weighted by Crippen LogP contribution is 2.20. The van der Waals surface area contributed by atoms with Gasteiger partial charge >= 0.3 is 0 Å². The van der Waals surface area contributed by atoms with Crippen LogP contribution in [-0.2, 0) is 14.3 Å². The number of nitrogens with one attached hydrogen (secondary N) is 1. The fourth-order valence-electron chi connectivity index (χ4n) is 2.88. The van der Waals surface area contributed by atoms with Crippen LogP contribution in [0.25, 0.3) is 0 Å². The number of aromatic nitrogens is 1. The van der Waals surface area contributed by atoms with E-state index in [1.54, 1.807) is 13.1 Å². The zero-order chi connectivity index (χ0) is 17.5. The Morgan fingerprint density at radius 2 is 2.08 bits per heavy atom. The van der Waals surface area contributed by atoms with Crippen LogP contribution < -0.4 is 5.32 Å². The number of rotatable bonds is 7. The van der Waals surface area contributed by atoms with Crippen LogP contribution in [0.15, 0.2) is 54.7 Å². The van der Waals surface area contributed by atoms with Crippen molar-refractivity contribution < 1.29 is 14.3 Å². The van der Waals surface area contributed by atoms with Crippen molar-refractivity contribution in [3.63, 3.8) is 0 Å². The molecule has 3 atom stereocenters. The molecule has 0 radical (unpaired) electrons. The van der Waals surface area contributed by atoms with E-state index >= 15 is 0 Å². The standard InChI is InChI=1S/C20H24N2O3/c1-15(25-14-17-10-7-13-24-17)20(23)22-19(16-8-3-2-4-9-16)18-11-5-6-12-21-18/h2-6,8-9,11-12,15,17,19H,7,10,13-14H2,1H3,(H,22,23)/t15-,17-,19+/m0/s1. The van der Waals surface area contributed by atoms with Gasteiger partial charge in [-0.25, -0.2) is 0 Å². The van der Waals surface area contributed by atoms with Crippen molar-refractivity contribution in [2.75, 3.05) is 13.2 Å².